The minimum absolute atomic E-state index is 0.348. The summed E-state index contributed by atoms with van der Waals surface area (Å²) in [4.78, 5) is 9.32. The van der Waals surface area contributed by atoms with Gasteiger partial charge in [-0.3, -0.25) is 0 Å². The summed E-state index contributed by atoms with van der Waals surface area (Å²) in [5, 5.41) is 5.39. The van der Waals surface area contributed by atoms with E-state index in [-0.39, 0.29) is 0 Å². The van der Waals surface area contributed by atoms with Gasteiger partial charge in [0.15, 0.2) is 5.16 Å². The van der Waals surface area contributed by atoms with Crippen LogP contribution in [0.3, 0.4) is 0 Å². The number of fused-ring (bicyclic) bond motifs is 1. The average Bonchev–Trinajstić information content (AvgIpc) is 3.36. The van der Waals surface area contributed by atoms with Crippen molar-refractivity contribution >= 4 is 51.7 Å². The molecule has 0 saturated heterocycles. The van der Waals surface area contributed by atoms with Crippen LogP contribution in [-0.2, 0) is 0 Å². The smallest absolute Gasteiger partial charge is 0.190 e. The summed E-state index contributed by atoms with van der Waals surface area (Å²) < 4.78 is -0.529. The standard InChI is InChI=1S/C15H15Cl2N3S/c16-15(17)7-9(15)8-21-14-19-12-4-2-1-3-11(12)13(20-14)18-10-5-6-10/h1-4,9-10H,5-8H2,(H,18,19,20)/t9-/m1/s1. The molecule has 1 N–H and O–H groups in total. The molecule has 0 unspecified atom stereocenters. The van der Waals surface area contributed by atoms with Crippen LogP contribution >= 0.6 is 35.0 Å². The SMILES string of the molecule is ClC1(Cl)C[C@@H]1CSc1nc(NC2CC2)c2ccccc2n1. The van der Waals surface area contributed by atoms with E-state index in [9.17, 15) is 0 Å². The van der Waals surface area contributed by atoms with Gasteiger partial charge in [-0.1, -0.05) is 23.9 Å². The molecule has 6 heteroatoms. The third-order valence-corrected chi connectivity index (χ3v) is 5.81. The fraction of sp³-hybridized carbons (Fsp3) is 0.467. The number of benzene rings is 1. The van der Waals surface area contributed by atoms with E-state index in [1.54, 1.807) is 11.8 Å². The zero-order valence-electron chi connectivity index (χ0n) is 11.4. The van der Waals surface area contributed by atoms with Crippen LogP contribution in [0, 0.1) is 5.92 Å². The number of thioether (sulfide) groups is 1. The van der Waals surface area contributed by atoms with E-state index in [1.807, 2.05) is 18.2 Å². The minimum Gasteiger partial charge on any atom is -0.367 e. The molecular weight excluding hydrogens is 325 g/mol. The highest BCUT2D eigenvalue weighted by molar-refractivity contribution is 7.99. The van der Waals surface area contributed by atoms with E-state index in [0.29, 0.717) is 12.0 Å². The van der Waals surface area contributed by atoms with Crippen LogP contribution in [0.4, 0.5) is 5.82 Å². The summed E-state index contributed by atoms with van der Waals surface area (Å²) in [6.45, 7) is 0. The number of halogens is 2. The molecule has 3 nitrogen and oxygen atoms in total. The summed E-state index contributed by atoms with van der Waals surface area (Å²) in [5.74, 6) is 2.17. The second kappa shape index (κ2) is 5.18. The minimum atomic E-state index is -0.529. The van der Waals surface area contributed by atoms with Gasteiger partial charge >= 0.3 is 0 Å². The normalized spacial score (nSPS) is 23.2. The molecule has 1 atom stereocenters. The average molecular weight is 340 g/mol. The van der Waals surface area contributed by atoms with Gasteiger partial charge in [-0.05, 0) is 31.4 Å². The van der Waals surface area contributed by atoms with Crippen molar-refractivity contribution in [1.29, 1.82) is 0 Å². The Bertz CT molecular complexity index is 688. The molecule has 1 heterocycles. The lowest BCUT2D eigenvalue weighted by Crippen LogP contribution is -2.05. The molecule has 0 radical (unpaired) electrons. The van der Waals surface area contributed by atoms with E-state index in [4.69, 9.17) is 23.2 Å². The maximum absolute atomic E-state index is 6.08. The van der Waals surface area contributed by atoms with Gasteiger partial charge in [0.05, 0.1) is 5.52 Å². The molecule has 2 aliphatic rings. The lowest BCUT2D eigenvalue weighted by atomic mass is 10.2. The molecule has 21 heavy (non-hydrogen) atoms. The first kappa shape index (κ1) is 13.9. The Hall–Kier alpha value is -0.710. The van der Waals surface area contributed by atoms with Crippen LogP contribution in [-0.4, -0.2) is 26.1 Å². The van der Waals surface area contributed by atoms with E-state index < -0.39 is 4.33 Å². The number of nitrogens with one attached hydrogen (secondary N) is 1. The zero-order chi connectivity index (χ0) is 14.4. The number of anilines is 1. The van der Waals surface area contributed by atoms with E-state index in [1.165, 1.54) is 12.8 Å². The maximum atomic E-state index is 6.08. The summed E-state index contributed by atoms with van der Waals surface area (Å²) in [7, 11) is 0. The number of hydrogen-bond donors (Lipinski definition) is 1. The molecule has 110 valence electrons. The lowest BCUT2D eigenvalue weighted by Gasteiger charge is -2.09. The van der Waals surface area contributed by atoms with Crippen LogP contribution in [0.5, 0.6) is 0 Å². The molecule has 2 saturated carbocycles. The van der Waals surface area contributed by atoms with Gasteiger partial charge in [0.25, 0.3) is 0 Å². The first-order valence-electron chi connectivity index (χ1n) is 7.16. The summed E-state index contributed by atoms with van der Waals surface area (Å²) in [6.07, 6.45) is 3.32. The maximum Gasteiger partial charge on any atom is 0.190 e. The quantitative estimate of drug-likeness (QED) is 0.494. The first-order valence-corrected chi connectivity index (χ1v) is 8.90. The Morgan fingerprint density at radius 1 is 1.24 bits per heavy atom. The van der Waals surface area contributed by atoms with Gasteiger partial charge in [-0.25, -0.2) is 9.97 Å². The summed E-state index contributed by atoms with van der Waals surface area (Å²) in [5.41, 5.74) is 0.983. The number of aromatic nitrogens is 2. The van der Waals surface area contributed by atoms with Crippen molar-refractivity contribution in [2.45, 2.75) is 34.8 Å². The zero-order valence-corrected chi connectivity index (χ0v) is 13.7. The van der Waals surface area contributed by atoms with Crippen LogP contribution in [0.1, 0.15) is 19.3 Å². The Morgan fingerprint density at radius 2 is 2.00 bits per heavy atom. The van der Waals surface area contributed by atoms with Crippen molar-refractivity contribution < 1.29 is 0 Å². The lowest BCUT2D eigenvalue weighted by molar-refractivity contribution is 0.949. The number of para-hydroxylation sites is 1. The Labute approximate surface area is 137 Å². The van der Waals surface area contributed by atoms with Gasteiger partial charge in [0, 0.05) is 23.1 Å². The van der Waals surface area contributed by atoms with Crippen LogP contribution in [0.15, 0.2) is 29.4 Å². The molecule has 0 amide bonds. The molecule has 0 aliphatic heterocycles. The molecule has 2 fully saturated rings. The van der Waals surface area contributed by atoms with Crippen molar-refractivity contribution in [3.05, 3.63) is 24.3 Å². The highest BCUT2D eigenvalue weighted by Crippen LogP contribution is 2.54. The highest BCUT2D eigenvalue weighted by atomic mass is 35.5. The molecule has 4 rings (SSSR count). The number of hydrogen-bond acceptors (Lipinski definition) is 4. The predicted octanol–water partition coefficient (Wildman–Crippen LogP) is 4.49. The van der Waals surface area contributed by atoms with Gasteiger partial charge in [0.2, 0.25) is 0 Å². The van der Waals surface area contributed by atoms with E-state index in [2.05, 4.69) is 21.4 Å². The van der Waals surface area contributed by atoms with E-state index >= 15 is 0 Å². The Kier molecular flexibility index (Phi) is 3.43. The number of alkyl halides is 2. The molecule has 2 aliphatic carbocycles. The fourth-order valence-corrected chi connectivity index (χ4v) is 4.06. The molecule has 2 aromatic rings. The van der Waals surface area contributed by atoms with Gasteiger partial charge < -0.3 is 5.32 Å². The second-order valence-electron chi connectivity index (χ2n) is 5.76. The molecule has 0 bridgehead atoms. The molecule has 1 aromatic carbocycles. The predicted molar refractivity (Wildman–Crippen MR) is 89.5 cm³/mol. The van der Waals surface area contributed by atoms with Crippen molar-refractivity contribution in [3.63, 3.8) is 0 Å². The Morgan fingerprint density at radius 3 is 2.71 bits per heavy atom. The van der Waals surface area contributed by atoms with Gasteiger partial charge in [-0.2, -0.15) is 0 Å². The third-order valence-electron chi connectivity index (χ3n) is 3.87. The van der Waals surface area contributed by atoms with Crippen LogP contribution in [0.2, 0.25) is 0 Å². The monoisotopic (exact) mass is 339 g/mol. The molecule has 1 aromatic heterocycles. The van der Waals surface area contributed by atoms with Crippen LogP contribution in [0.25, 0.3) is 10.9 Å². The van der Waals surface area contributed by atoms with Gasteiger partial charge in [-0.15, -0.1) is 23.2 Å². The summed E-state index contributed by atoms with van der Waals surface area (Å²) in [6, 6.07) is 8.70. The van der Waals surface area contributed by atoms with Crippen molar-refractivity contribution in [2.75, 3.05) is 11.1 Å². The van der Waals surface area contributed by atoms with Gasteiger partial charge in [0.1, 0.15) is 10.2 Å². The topological polar surface area (TPSA) is 37.8 Å². The second-order valence-corrected chi connectivity index (χ2v) is 8.29. The highest BCUT2D eigenvalue weighted by Gasteiger charge is 2.51. The molecule has 0 spiro atoms. The van der Waals surface area contributed by atoms with Crippen molar-refractivity contribution in [1.82, 2.24) is 9.97 Å². The van der Waals surface area contributed by atoms with E-state index in [0.717, 1.165) is 34.1 Å². The number of nitrogens with zero attached hydrogens (tertiary/aromatic N) is 2. The summed E-state index contributed by atoms with van der Waals surface area (Å²) >= 11 is 13.8. The fourth-order valence-electron chi connectivity index (χ4n) is 2.28. The number of rotatable bonds is 5. The largest absolute Gasteiger partial charge is 0.367 e. The Balaban J connectivity index is 1.59. The molecular formula is C15H15Cl2N3S. The van der Waals surface area contributed by atoms with Crippen molar-refractivity contribution in [3.8, 4) is 0 Å². The first-order chi connectivity index (χ1) is 10.1. The van der Waals surface area contributed by atoms with Crippen LogP contribution < -0.4 is 5.32 Å². The third kappa shape index (κ3) is 3.08. The van der Waals surface area contributed by atoms with Crippen molar-refractivity contribution in [2.24, 2.45) is 5.92 Å².